The van der Waals surface area contributed by atoms with Crippen molar-refractivity contribution in [3.8, 4) is 16.2 Å². The minimum atomic E-state index is -0.885. The Kier molecular flexibility index (Phi) is 5.99. The third-order valence-corrected chi connectivity index (χ3v) is 5.47. The Balaban J connectivity index is 1.84. The molecule has 0 spiro atoms. The molecule has 1 aromatic heterocycles. The first-order valence-electron chi connectivity index (χ1n) is 6.23. The third-order valence-electron chi connectivity index (χ3n) is 2.55. The smallest absolute Gasteiger partial charge is 0.311 e. The van der Waals surface area contributed by atoms with Crippen LogP contribution in [0.2, 0.25) is 0 Å². The summed E-state index contributed by atoms with van der Waals surface area (Å²) in [5, 5.41) is 9.06. The molecule has 9 heteroatoms. The summed E-state index contributed by atoms with van der Waals surface area (Å²) in [6.45, 7) is -0.121. The molecular weight excluding hydrogens is 346 g/mol. The summed E-state index contributed by atoms with van der Waals surface area (Å²) in [4.78, 5) is 26.7. The predicted octanol–water partition coefficient (Wildman–Crippen LogP) is 4.10. The average Bonchev–Trinajstić information content (AvgIpc) is 2.91. The predicted molar refractivity (Wildman–Crippen MR) is 86.3 cm³/mol. The maximum atomic E-state index is 11.6. The van der Waals surface area contributed by atoms with Crippen LogP contribution in [0, 0.1) is 13.9 Å². The number of rotatable bonds is 7. The molecule has 0 aliphatic carbocycles. The van der Waals surface area contributed by atoms with E-state index in [4.69, 9.17) is 17.0 Å². The number of esters is 1. The molecule has 22 heavy (non-hydrogen) atoms. The van der Waals surface area contributed by atoms with E-state index in [0.29, 0.717) is 5.75 Å². The van der Waals surface area contributed by atoms with E-state index in [1.165, 1.54) is 10.3 Å². The first kappa shape index (κ1) is 16.5. The van der Waals surface area contributed by atoms with Crippen molar-refractivity contribution < 1.29 is 19.5 Å². The summed E-state index contributed by atoms with van der Waals surface area (Å²) in [6.07, 6.45) is 0.289. The second-order valence-corrected chi connectivity index (χ2v) is 7.06. The summed E-state index contributed by atoms with van der Waals surface area (Å²) in [6, 6.07) is 9.04. The molecule has 0 aliphatic rings. The van der Waals surface area contributed by atoms with Crippen LogP contribution in [0.5, 0.6) is 5.75 Å². The highest BCUT2D eigenvalue weighted by Gasteiger charge is 2.07. The summed E-state index contributed by atoms with van der Waals surface area (Å²) >= 11 is 5.09. The van der Waals surface area contributed by atoms with Gasteiger partial charge >= 0.3 is 5.97 Å². The van der Waals surface area contributed by atoms with E-state index in [2.05, 4.69) is 4.84 Å². The van der Waals surface area contributed by atoms with Crippen molar-refractivity contribution in [1.82, 2.24) is 0 Å². The molecule has 0 fully saturated rings. The monoisotopic (exact) mass is 357 g/mol. The Bertz CT molecular complexity index is 707. The number of hydrogen-bond donors (Lipinski definition) is 0. The largest absolute Gasteiger partial charge is 0.427 e. The molecule has 0 N–H and O–H groups in total. The quantitative estimate of drug-likeness (QED) is 0.141. The second kappa shape index (κ2) is 7.97. The van der Waals surface area contributed by atoms with E-state index in [1.54, 1.807) is 22.5 Å². The Morgan fingerprint density at radius 3 is 2.59 bits per heavy atom. The minimum Gasteiger partial charge on any atom is -0.427 e. The van der Waals surface area contributed by atoms with Crippen LogP contribution in [0.25, 0.3) is 10.4 Å². The van der Waals surface area contributed by atoms with E-state index in [1.807, 2.05) is 18.2 Å². The molecule has 0 saturated carbocycles. The topological polar surface area (TPSA) is 78.7 Å². The number of hydrogen-bond acceptors (Lipinski definition) is 8. The molecule has 0 radical (unpaired) electrons. The third kappa shape index (κ3) is 5.17. The number of carbonyl (C=O) groups excluding carboxylic acids is 1. The second-order valence-electron chi connectivity index (χ2n) is 4.15. The molecule has 0 amide bonds. The first-order chi connectivity index (χ1) is 10.5. The summed E-state index contributed by atoms with van der Waals surface area (Å²) in [5.41, 5.74) is 1.01. The van der Waals surface area contributed by atoms with Crippen LogP contribution in [0.1, 0.15) is 12.8 Å². The number of benzene rings is 1. The summed E-state index contributed by atoms with van der Waals surface area (Å²) in [5.74, 6) is -0.0198. The Hall–Kier alpha value is -1.84. The van der Waals surface area contributed by atoms with Crippen LogP contribution in [0.4, 0.5) is 0 Å². The summed E-state index contributed by atoms with van der Waals surface area (Å²) < 4.78 is 5.98. The molecule has 0 unspecified atom stereocenters. The molecule has 0 aliphatic heterocycles. The van der Waals surface area contributed by atoms with E-state index in [9.17, 15) is 14.9 Å². The van der Waals surface area contributed by atoms with Crippen molar-refractivity contribution in [2.45, 2.75) is 12.8 Å². The van der Waals surface area contributed by atoms with Gasteiger partial charge in [0.1, 0.15) is 9.57 Å². The molecule has 1 aromatic carbocycles. The van der Waals surface area contributed by atoms with E-state index < -0.39 is 11.1 Å². The van der Waals surface area contributed by atoms with Gasteiger partial charge in [-0.1, -0.05) is 32.9 Å². The molecule has 0 atom stereocenters. The number of ether oxygens (including phenoxy) is 1. The highest BCUT2D eigenvalue weighted by Crippen LogP contribution is 2.30. The van der Waals surface area contributed by atoms with Crippen LogP contribution in [0.3, 0.4) is 0 Å². The van der Waals surface area contributed by atoms with Gasteiger partial charge in [0.2, 0.25) is 0 Å². The molecule has 2 aromatic rings. The van der Waals surface area contributed by atoms with Crippen LogP contribution >= 0.6 is 32.9 Å². The zero-order valence-corrected chi connectivity index (χ0v) is 13.7. The van der Waals surface area contributed by atoms with Gasteiger partial charge in [0.15, 0.2) is 0 Å². The Labute approximate surface area is 138 Å². The SMILES string of the molecule is O=C(CCCO[N+](=O)[O-])Oc1ccc(-c2cc(=S)ss2)cc1. The molecule has 116 valence electrons. The van der Waals surface area contributed by atoms with Crippen LogP contribution in [0.15, 0.2) is 30.3 Å². The number of nitrogens with zero attached hydrogens (tertiary/aromatic N) is 1. The van der Waals surface area contributed by atoms with Gasteiger partial charge in [-0.05, 0) is 42.3 Å². The Morgan fingerprint density at radius 1 is 1.27 bits per heavy atom. The highest BCUT2D eigenvalue weighted by atomic mass is 32.9. The van der Waals surface area contributed by atoms with Crippen LogP contribution < -0.4 is 4.74 Å². The van der Waals surface area contributed by atoms with Gasteiger partial charge in [-0.3, -0.25) is 4.79 Å². The average molecular weight is 357 g/mol. The van der Waals surface area contributed by atoms with Crippen molar-refractivity contribution in [3.05, 3.63) is 44.3 Å². The minimum absolute atomic E-state index is 0.0571. The van der Waals surface area contributed by atoms with Crippen molar-refractivity contribution in [3.63, 3.8) is 0 Å². The first-order valence-corrected chi connectivity index (χ1v) is 8.79. The fraction of sp³-hybridized carbons (Fsp3) is 0.231. The van der Waals surface area contributed by atoms with Gasteiger partial charge in [0, 0.05) is 11.3 Å². The zero-order chi connectivity index (χ0) is 15.9. The van der Waals surface area contributed by atoms with Crippen LogP contribution in [-0.4, -0.2) is 17.7 Å². The van der Waals surface area contributed by atoms with Gasteiger partial charge in [0.05, 0.1) is 6.61 Å². The lowest BCUT2D eigenvalue weighted by Gasteiger charge is -2.05. The van der Waals surface area contributed by atoms with E-state index >= 15 is 0 Å². The highest BCUT2D eigenvalue weighted by molar-refractivity contribution is 7.80. The molecule has 1 heterocycles. The lowest BCUT2D eigenvalue weighted by molar-refractivity contribution is -0.757. The molecule has 2 rings (SSSR count). The Morgan fingerprint density at radius 2 is 2.00 bits per heavy atom. The van der Waals surface area contributed by atoms with E-state index in [-0.39, 0.29) is 19.4 Å². The molecule has 0 saturated heterocycles. The lowest BCUT2D eigenvalue weighted by Crippen LogP contribution is -2.10. The molecule has 6 nitrogen and oxygen atoms in total. The van der Waals surface area contributed by atoms with Crippen molar-refractivity contribution in [2.24, 2.45) is 0 Å². The maximum Gasteiger partial charge on any atom is 0.311 e. The lowest BCUT2D eigenvalue weighted by atomic mass is 10.2. The standard InChI is InChI=1S/C13H11NO5S3/c15-12(2-1-7-18-14(16)17)19-10-5-3-9(4-6-10)11-8-13(20)22-21-11/h3-6,8H,1-2,7H2. The van der Waals surface area contributed by atoms with E-state index in [0.717, 1.165) is 14.3 Å². The maximum absolute atomic E-state index is 11.6. The van der Waals surface area contributed by atoms with Crippen molar-refractivity contribution in [1.29, 1.82) is 0 Å². The van der Waals surface area contributed by atoms with Crippen LogP contribution in [-0.2, 0) is 9.63 Å². The van der Waals surface area contributed by atoms with Gasteiger partial charge in [0.25, 0.3) is 5.09 Å². The molecule has 0 bridgehead atoms. The van der Waals surface area contributed by atoms with Gasteiger partial charge < -0.3 is 9.57 Å². The van der Waals surface area contributed by atoms with Gasteiger partial charge in [-0.15, -0.1) is 10.1 Å². The number of carbonyl (C=O) groups is 1. The van der Waals surface area contributed by atoms with Crippen molar-refractivity contribution >= 4 is 38.9 Å². The molecular formula is C13H11NO5S3. The fourth-order valence-electron chi connectivity index (χ4n) is 1.60. The van der Waals surface area contributed by atoms with Gasteiger partial charge in [-0.25, -0.2) is 0 Å². The normalized spacial score (nSPS) is 10.2. The van der Waals surface area contributed by atoms with Gasteiger partial charge in [-0.2, -0.15) is 0 Å². The summed E-state index contributed by atoms with van der Waals surface area (Å²) in [7, 11) is 3.14. The zero-order valence-electron chi connectivity index (χ0n) is 11.2. The van der Waals surface area contributed by atoms with Crippen molar-refractivity contribution in [2.75, 3.05) is 6.61 Å². The fourth-order valence-corrected chi connectivity index (χ4v) is 4.00.